The molecular weight excluding hydrogens is 428 g/mol. The van der Waals surface area contributed by atoms with E-state index in [1.165, 1.54) is 18.2 Å². The Morgan fingerprint density at radius 1 is 1.03 bits per heavy atom. The third-order valence-electron chi connectivity index (χ3n) is 5.24. The van der Waals surface area contributed by atoms with Crippen LogP contribution in [0.2, 0.25) is 0 Å². The average molecular weight is 459 g/mol. The van der Waals surface area contributed by atoms with Crippen molar-refractivity contribution in [2.45, 2.75) is 37.5 Å². The lowest BCUT2D eigenvalue weighted by Crippen LogP contribution is -2.31. The molecule has 1 saturated heterocycles. The molecule has 2 aromatic carbocycles. The molecule has 0 spiro atoms. The number of carbonyl (C=O) groups excluding carboxylic acids is 1. The largest absolute Gasteiger partial charge is 0.493 e. The van der Waals surface area contributed by atoms with Gasteiger partial charge in [0.15, 0.2) is 11.5 Å². The number of ether oxygens (including phenoxy) is 2. The molecule has 0 aromatic heterocycles. The van der Waals surface area contributed by atoms with E-state index in [-0.39, 0.29) is 10.8 Å². The molecule has 1 N–H and O–H groups in total. The molecule has 2 aromatic rings. The van der Waals surface area contributed by atoms with Gasteiger partial charge in [-0.15, -0.1) is 0 Å². The molecule has 0 bridgehead atoms. The van der Waals surface area contributed by atoms with Crippen molar-refractivity contribution in [3.63, 3.8) is 0 Å². The van der Waals surface area contributed by atoms with E-state index in [0.29, 0.717) is 36.9 Å². The van der Waals surface area contributed by atoms with E-state index >= 15 is 0 Å². The van der Waals surface area contributed by atoms with E-state index < -0.39 is 10.0 Å². The first-order valence-corrected chi connectivity index (χ1v) is 12.3. The number of nitrogens with one attached hydrogen (secondary N) is 1. The number of benzene rings is 2. The Hall–Kier alpha value is -2.84. The molecule has 0 radical (unpaired) electrons. The zero-order valence-corrected chi connectivity index (χ0v) is 19.4. The zero-order valence-electron chi connectivity index (χ0n) is 18.5. The van der Waals surface area contributed by atoms with Gasteiger partial charge in [0.2, 0.25) is 15.9 Å². The maximum Gasteiger partial charge on any atom is 0.248 e. The normalized spacial score (nSPS) is 15.3. The van der Waals surface area contributed by atoms with Crippen LogP contribution < -0.4 is 14.8 Å². The highest BCUT2D eigenvalue weighted by atomic mass is 32.2. The Labute approximate surface area is 190 Å². The lowest BCUT2D eigenvalue weighted by molar-refractivity contribution is -0.111. The summed E-state index contributed by atoms with van der Waals surface area (Å²) in [5.41, 5.74) is 1.32. The van der Waals surface area contributed by atoms with Gasteiger partial charge in [-0.2, -0.15) is 4.31 Å². The molecule has 0 saturated carbocycles. The van der Waals surface area contributed by atoms with Crippen molar-refractivity contribution in [1.82, 2.24) is 4.31 Å². The summed E-state index contributed by atoms with van der Waals surface area (Å²) in [5, 5.41) is 2.75. The van der Waals surface area contributed by atoms with Crippen LogP contribution in [0.1, 0.15) is 38.2 Å². The third kappa shape index (κ3) is 6.11. The van der Waals surface area contributed by atoms with Crippen molar-refractivity contribution in [2.24, 2.45) is 0 Å². The lowest BCUT2D eigenvalue weighted by Gasteiger charge is -2.20. The fourth-order valence-corrected chi connectivity index (χ4v) is 5.08. The monoisotopic (exact) mass is 458 g/mol. The van der Waals surface area contributed by atoms with Crippen LogP contribution in [0.15, 0.2) is 53.4 Å². The van der Waals surface area contributed by atoms with Gasteiger partial charge in [0, 0.05) is 24.9 Å². The summed E-state index contributed by atoms with van der Waals surface area (Å²) in [4.78, 5) is 12.6. The van der Waals surface area contributed by atoms with Crippen LogP contribution in [0.5, 0.6) is 11.5 Å². The molecule has 0 aliphatic carbocycles. The van der Waals surface area contributed by atoms with Crippen molar-refractivity contribution in [3.05, 3.63) is 54.1 Å². The van der Waals surface area contributed by atoms with Crippen LogP contribution in [-0.4, -0.2) is 45.4 Å². The fourth-order valence-electron chi connectivity index (χ4n) is 3.56. The van der Waals surface area contributed by atoms with Crippen molar-refractivity contribution in [1.29, 1.82) is 0 Å². The molecule has 7 nitrogen and oxygen atoms in total. The molecule has 172 valence electrons. The minimum Gasteiger partial charge on any atom is -0.493 e. The molecule has 8 heteroatoms. The molecule has 0 atom stereocenters. The highest BCUT2D eigenvalue weighted by Crippen LogP contribution is 2.28. The summed E-state index contributed by atoms with van der Waals surface area (Å²) in [6.45, 7) is 3.51. The van der Waals surface area contributed by atoms with Gasteiger partial charge in [0.25, 0.3) is 0 Å². The first-order valence-electron chi connectivity index (χ1n) is 10.8. The number of hydrogen-bond acceptors (Lipinski definition) is 5. The van der Waals surface area contributed by atoms with Crippen molar-refractivity contribution in [3.8, 4) is 11.5 Å². The molecule has 1 amide bonds. The quantitative estimate of drug-likeness (QED) is 0.596. The molecule has 3 rings (SSSR count). The lowest BCUT2D eigenvalue weighted by atomic mass is 10.2. The maximum absolute atomic E-state index is 12.9. The van der Waals surface area contributed by atoms with E-state index in [0.717, 1.165) is 31.2 Å². The van der Waals surface area contributed by atoms with Gasteiger partial charge >= 0.3 is 0 Å². The number of sulfonamides is 1. The SMILES string of the molecule is CCOc1cc(/C=C/C(=O)Nc2ccc(S(=O)(=O)N3CCCCCC3)cc2)ccc1OC. The highest BCUT2D eigenvalue weighted by Gasteiger charge is 2.24. The summed E-state index contributed by atoms with van der Waals surface area (Å²) >= 11 is 0. The topological polar surface area (TPSA) is 84.9 Å². The number of methoxy groups -OCH3 is 1. The smallest absolute Gasteiger partial charge is 0.248 e. The van der Waals surface area contributed by atoms with Gasteiger partial charge < -0.3 is 14.8 Å². The third-order valence-corrected chi connectivity index (χ3v) is 7.15. The van der Waals surface area contributed by atoms with Crippen molar-refractivity contribution in [2.75, 3.05) is 32.1 Å². The summed E-state index contributed by atoms with van der Waals surface area (Å²) in [6.07, 6.45) is 7.00. The minimum absolute atomic E-state index is 0.245. The van der Waals surface area contributed by atoms with E-state index in [1.807, 2.05) is 13.0 Å². The van der Waals surface area contributed by atoms with Crippen LogP contribution in [0.3, 0.4) is 0 Å². The van der Waals surface area contributed by atoms with Crippen molar-refractivity contribution < 1.29 is 22.7 Å². The van der Waals surface area contributed by atoms with Gasteiger partial charge in [-0.1, -0.05) is 18.9 Å². The minimum atomic E-state index is -3.51. The highest BCUT2D eigenvalue weighted by molar-refractivity contribution is 7.89. The number of amides is 1. The van der Waals surface area contributed by atoms with E-state index in [1.54, 1.807) is 41.8 Å². The van der Waals surface area contributed by atoms with Crippen LogP contribution >= 0.6 is 0 Å². The Morgan fingerprint density at radius 3 is 2.34 bits per heavy atom. The molecule has 1 fully saturated rings. The number of anilines is 1. The molecule has 32 heavy (non-hydrogen) atoms. The number of carbonyl (C=O) groups is 1. The summed E-state index contributed by atoms with van der Waals surface area (Å²) in [5.74, 6) is 0.921. The second kappa shape index (κ2) is 11.2. The Balaban J connectivity index is 1.64. The first kappa shape index (κ1) is 23.8. The maximum atomic E-state index is 12.9. The number of hydrogen-bond donors (Lipinski definition) is 1. The van der Waals surface area contributed by atoms with E-state index in [2.05, 4.69) is 5.32 Å². The average Bonchev–Trinajstić information content (AvgIpc) is 3.09. The molecular formula is C24H30N2O5S. The first-order chi connectivity index (χ1) is 15.4. The zero-order chi connectivity index (χ0) is 23.0. The predicted molar refractivity (Wildman–Crippen MR) is 125 cm³/mol. The van der Waals surface area contributed by atoms with Crippen LogP contribution in [-0.2, 0) is 14.8 Å². The Morgan fingerprint density at radius 2 is 1.72 bits per heavy atom. The second-order valence-corrected chi connectivity index (χ2v) is 9.45. The van der Waals surface area contributed by atoms with Crippen LogP contribution in [0.4, 0.5) is 5.69 Å². The Kier molecular flexibility index (Phi) is 8.30. The predicted octanol–water partition coefficient (Wildman–Crippen LogP) is 4.31. The van der Waals surface area contributed by atoms with Crippen LogP contribution in [0, 0.1) is 0 Å². The van der Waals surface area contributed by atoms with E-state index in [9.17, 15) is 13.2 Å². The number of rotatable bonds is 8. The summed E-state index contributed by atoms with van der Waals surface area (Å²) in [6, 6.07) is 11.7. The van der Waals surface area contributed by atoms with Gasteiger partial charge in [-0.3, -0.25) is 4.79 Å². The second-order valence-electron chi connectivity index (χ2n) is 7.51. The van der Waals surface area contributed by atoms with Crippen LogP contribution in [0.25, 0.3) is 6.08 Å². The molecule has 1 aliphatic rings. The number of nitrogens with zero attached hydrogens (tertiary/aromatic N) is 1. The Bertz CT molecular complexity index is 1040. The molecule has 0 unspecified atom stereocenters. The molecule has 1 aliphatic heterocycles. The summed E-state index contributed by atoms with van der Waals surface area (Å²) < 4.78 is 38.1. The van der Waals surface area contributed by atoms with Crippen molar-refractivity contribution >= 4 is 27.7 Å². The summed E-state index contributed by atoms with van der Waals surface area (Å²) in [7, 11) is -1.93. The van der Waals surface area contributed by atoms with Gasteiger partial charge in [-0.05, 0) is 67.8 Å². The van der Waals surface area contributed by atoms with Gasteiger partial charge in [0.1, 0.15) is 0 Å². The van der Waals surface area contributed by atoms with E-state index in [4.69, 9.17) is 9.47 Å². The fraction of sp³-hybridized carbons (Fsp3) is 0.375. The standard InChI is InChI=1S/C24H30N2O5S/c1-3-31-23-18-19(8-14-22(23)30-2)9-15-24(27)25-20-10-12-21(13-11-20)32(28,29)26-16-6-4-5-7-17-26/h8-15,18H,3-7,16-17H2,1-2H3,(H,25,27)/b15-9+. The molecule has 1 heterocycles. The van der Waals surface area contributed by atoms with Gasteiger partial charge in [-0.25, -0.2) is 8.42 Å². The van der Waals surface area contributed by atoms with Gasteiger partial charge in [0.05, 0.1) is 18.6 Å².